The fraction of sp³-hybridized carbons (Fsp3) is 0.211. The number of amides is 1. The van der Waals surface area contributed by atoms with Gasteiger partial charge in [-0.05, 0) is 30.2 Å². The van der Waals surface area contributed by atoms with Crippen LogP contribution in [-0.2, 0) is 17.6 Å². The number of hydrogen-bond acceptors (Lipinski definition) is 4. The lowest BCUT2D eigenvalue weighted by Gasteiger charge is -2.07. The number of aromatic nitrogens is 2. The minimum absolute atomic E-state index is 0.148. The van der Waals surface area contributed by atoms with Crippen molar-refractivity contribution in [3.63, 3.8) is 0 Å². The zero-order valence-corrected chi connectivity index (χ0v) is 13.7. The highest BCUT2D eigenvalue weighted by Gasteiger charge is 2.08. The highest BCUT2D eigenvalue weighted by molar-refractivity contribution is 5.76. The first-order valence-electron chi connectivity index (χ1n) is 8.15. The molecule has 0 unspecified atom stereocenters. The summed E-state index contributed by atoms with van der Waals surface area (Å²) in [6.45, 7) is 0.428. The molecule has 3 aromatic rings. The van der Waals surface area contributed by atoms with Crippen LogP contribution in [0.4, 0.5) is 0 Å². The van der Waals surface area contributed by atoms with Crippen LogP contribution in [0.25, 0.3) is 11.0 Å². The number of phenolic OH excluding ortho intramolecular Hbond substituents is 1. The van der Waals surface area contributed by atoms with Crippen LogP contribution in [0.3, 0.4) is 0 Å². The number of benzene rings is 2. The van der Waals surface area contributed by atoms with Crippen molar-refractivity contribution in [2.45, 2.75) is 19.3 Å². The summed E-state index contributed by atoms with van der Waals surface area (Å²) in [4.78, 5) is 31.1. The fourth-order valence-corrected chi connectivity index (χ4v) is 2.62. The minimum Gasteiger partial charge on any atom is -0.508 e. The number of nitrogens with one attached hydrogen (secondary N) is 2. The van der Waals surface area contributed by atoms with E-state index in [9.17, 15) is 14.7 Å². The second-order valence-electron chi connectivity index (χ2n) is 5.76. The third-order valence-corrected chi connectivity index (χ3v) is 3.97. The quantitative estimate of drug-likeness (QED) is 0.640. The van der Waals surface area contributed by atoms with E-state index in [0.29, 0.717) is 29.7 Å². The molecule has 6 nitrogen and oxygen atoms in total. The Balaban J connectivity index is 1.53. The van der Waals surface area contributed by atoms with Gasteiger partial charge in [0.2, 0.25) is 5.91 Å². The van der Waals surface area contributed by atoms with Crippen molar-refractivity contribution in [3.8, 4) is 5.75 Å². The van der Waals surface area contributed by atoms with Gasteiger partial charge in [0.25, 0.3) is 5.56 Å². The smallest absolute Gasteiger partial charge is 0.270 e. The molecule has 0 bridgehead atoms. The number of fused-ring (bicyclic) bond motifs is 1. The van der Waals surface area contributed by atoms with E-state index in [0.717, 1.165) is 5.56 Å². The van der Waals surface area contributed by atoms with Crippen LogP contribution in [0.1, 0.15) is 17.7 Å². The van der Waals surface area contributed by atoms with Gasteiger partial charge in [-0.15, -0.1) is 0 Å². The third-order valence-electron chi connectivity index (χ3n) is 3.97. The maximum Gasteiger partial charge on any atom is 0.270 e. The van der Waals surface area contributed by atoms with Crippen LogP contribution in [-0.4, -0.2) is 27.5 Å². The van der Waals surface area contributed by atoms with Crippen molar-refractivity contribution in [1.82, 2.24) is 15.3 Å². The maximum absolute atomic E-state index is 12.0. The van der Waals surface area contributed by atoms with Gasteiger partial charge in [-0.25, -0.2) is 4.98 Å². The number of H-pyrrole nitrogens is 1. The standard InChI is InChI=1S/C19H19N3O3/c23-17-8-4-1-5-13(17)11-12-20-18(24)10-9-16-19(25)22-15-7-3-2-6-14(15)21-16/h1-8,23H,9-12H2,(H,20,24)(H,22,25). The number of rotatable bonds is 6. The second kappa shape index (κ2) is 7.61. The number of carbonyl (C=O) groups excluding carboxylic acids is 1. The Kier molecular flexibility index (Phi) is 5.09. The van der Waals surface area contributed by atoms with Gasteiger partial charge < -0.3 is 15.4 Å². The van der Waals surface area contributed by atoms with E-state index in [1.165, 1.54) is 0 Å². The molecule has 6 heteroatoms. The molecule has 1 heterocycles. The van der Waals surface area contributed by atoms with Crippen molar-refractivity contribution < 1.29 is 9.90 Å². The van der Waals surface area contributed by atoms with Crippen LogP contribution in [0.15, 0.2) is 53.3 Å². The largest absolute Gasteiger partial charge is 0.508 e. The Hall–Kier alpha value is -3.15. The molecule has 0 saturated heterocycles. The Morgan fingerprint density at radius 2 is 1.84 bits per heavy atom. The first-order valence-corrected chi connectivity index (χ1v) is 8.15. The number of para-hydroxylation sites is 3. The number of phenols is 1. The van der Waals surface area contributed by atoms with Gasteiger partial charge in [-0.2, -0.15) is 0 Å². The molecule has 0 radical (unpaired) electrons. The van der Waals surface area contributed by atoms with Crippen LogP contribution < -0.4 is 10.9 Å². The Labute approximate surface area is 144 Å². The molecule has 25 heavy (non-hydrogen) atoms. The molecule has 0 aliphatic carbocycles. The maximum atomic E-state index is 12.0. The monoisotopic (exact) mass is 337 g/mol. The van der Waals surface area contributed by atoms with Gasteiger partial charge in [-0.3, -0.25) is 9.59 Å². The molecule has 128 valence electrons. The van der Waals surface area contributed by atoms with E-state index in [2.05, 4.69) is 15.3 Å². The summed E-state index contributed by atoms with van der Waals surface area (Å²) in [6.07, 6.45) is 1.02. The van der Waals surface area contributed by atoms with E-state index in [1.807, 2.05) is 30.3 Å². The van der Waals surface area contributed by atoms with Crippen molar-refractivity contribution >= 4 is 16.9 Å². The molecule has 0 spiro atoms. The predicted molar refractivity (Wildman–Crippen MR) is 95.5 cm³/mol. The zero-order chi connectivity index (χ0) is 17.6. The molecule has 1 aromatic heterocycles. The molecule has 0 aliphatic rings. The highest BCUT2D eigenvalue weighted by atomic mass is 16.3. The number of hydrogen-bond donors (Lipinski definition) is 3. The summed E-state index contributed by atoms with van der Waals surface area (Å²) < 4.78 is 0. The van der Waals surface area contributed by atoms with Crippen molar-refractivity contribution in [3.05, 3.63) is 70.1 Å². The average molecular weight is 337 g/mol. The number of nitrogens with zero attached hydrogens (tertiary/aromatic N) is 1. The Morgan fingerprint density at radius 1 is 1.08 bits per heavy atom. The van der Waals surface area contributed by atoms with E-state index < -0.39 is 0 Å². The second-order valence-corrected chi connectivity index (χ2v) is 5.76. The first kappa shape index (κ1) is 16.7. The Morgan fingerprint density at radius 3 is 2.68 bits per heavy atom. The molecular weight excluding hydrogens is 318 g/mol. The first-order chi connectivity index (χ1) is 12.1. The molecule has 0 saturated carbocycles. The van der Waals surface area contributed by atoms with Gasteiger partial charge in [-0.1, -0.05) is 30.3 Å². The molecule has 3 rings (SSSR count). The summed E-state index contributed by atoms with van der Waals surface area (Å²) >= 11 is 0. The minimum atomic E-state index is -0.263. The summed E-state index contributed by atoms with van der Waals surface area (Å²) in [5.74, 6) is 0.0772. The average Bonchev–Trinajstić information content (AvgIpc) is 2.61. The normalized spacial score (nSPS) is 10.7. The predicted octanol–water partition coefficient (Wildman–Crippen LogP) is 1.92. The van der Waals surface area contributed by atoms with Crippen LogP contribution in [0, 0.1) is 0 Å². The van der Waals surface area contributed by atoms with Crippen molar-refractivity contribution in [1.29, 1.82) is 0 Å². The molecule has 1 amide bonds. The summed E-state index contributed by atoms with van der Waals surface area (Å²) in [5, 5.41) is 12.5. The van der Waals surface area contributed by atoms with Crippen LogP contribution in [0.5, 0.6) is 5.75 Å². The highest BCUT2D eigenvalue weighted by Crippen LogP contribution is 2.15. The molecule has 3 N–H and O–H groups in total. The topological polar surface area (TPSA) is 95.1 Å². The summed E-state index contributed by atoms with van der Waals surface area (Å²) in [5.41, 5.74) is 2.27. The van der Waals surface area contributed by atoms with E-state index in [4.69, 9.17) is 0 Å². The number of carbonyl (C=O) groups is 1. The van der Waals surface area contributed by atoms with Crippen molar-refractivity contribution in [2.24, 2.45) is 0 Å². The number of aromatic hydroxyl groups is 1. The fourth-order valence-electron chi connectivity index (χ4n) is 2.62. The molecular formula is C19H19N3O3. The number of aromatic amines is 1. The van der Waals surface area contributed by atoms with Crippen molar-refractivity contribution in [2.75, 3.05) is 6.54 Å². The summed E-state index contributed by atoms with van der Waals surface area (Å²) in [7, 11) is 0. The third kappa shape index (κ3) is 4.23. The molecule has 0 atom stereocenters. The van der Waals surface area contributed by atoms with Gasteiger partial charge in [0.1, 0.15) is 11.4 Å². The number of aryl methyl sites for hydroxylation is 1. The van der Waals surface area contributed by atoms with Gasteiger partial charge >= 0.3 is 0 Å². The van der Waals surface area contributed by atoms with E-state index in [1.54, 1.807) is 18.2 Å². The van der Waals surface area contributed by atoms with E-state index in [-0.39, 0.29) is 30.1 Å². The SMILES string of the molecule is O=C(CCc1nc2ccccc2[nH]c1=O)NCCc1ccccc1O. The lowest BCUT2D eigenvalue weighted by atomic mass is 10.1. The van der Waals surface area contributed by atoms with Gasteiger partial charge in [0.15, 0.2) is 0 Å². The summed E-state index contributed by atoms with van der Waals surface area (Å²) in [6, 6.07) is 14.3. The lowest BCUT2D eigenvalue weighted by molar-refractivity contribution is -0.121. The molecule has 0 aliphatic heterocycles. The van der Waals surface area contributed by atoms with Crippen LogP contribution >= 0.6 is 0 Å². The van der Waals surface area contributed by atoms with Gasteiger partial charge in [0.05, 0.1) is 11.0 Å². The van der Waals surface area contributed by atoms with Crippen LogP contribution in [0.2, 0.25) is 0 Å². The molecule has 0 fully saturated rings. The molecule has 2 aromatic carbocycles. The zero-order valence-electron chi connectivity index (χ0n) is 13.7. The van der Waals surface area contributed by atoms with E-state index >= 15 is 0 Å². The lowest BCUT2D eigenvalue weighted by Crippen LogP contribution is -2.27. The Bertz CT molecular complexity index is 950. The van der Waals surface area contributed by atoms with Gasteiger partial charge in [0, 0.05) is 19.4 Å².